The lowest BCUT2D eigenvalue weighted by Crippen LogP contribution is -2.38. The van der Waals surface area contributed by atoms with E-state index in [4.69, 9.17) is 0 Å². The zero-order chi connectivity index (χ0) is 11.4. The molecule has 2 N–H and O–H groups in total. The minimum absolute atomic E-state index is 0.185. The predicted octanol–water partition coefficient (Wildman–Crippen LogP) is 0.992. The third-order valence-corrected chi connectivity index (χ3v) is 3.12. The fraction of sp³-hybridized carbons (Fsp3) is 0.636. The Morgan fingerprint density at radius 3 is 3.00 bits per heavy atom. The highest BCUT2D eigenvalue weighted by Gasteiger charge is 2.23. The number of aliphatic hydroxyl groups is 1. The average molecular weight is 223 g/mol. The zero-order valence-electron chi connectivity index (χ0n) is 9.17. The van der Waals surface area contributed by atoms with Crippen molar-refractivity contribution in [1.29, 1.82) is 0 Å². The number of carbonyl (C=O) groups is 1. The summed E-state index contributed by atoms with van der Waals surface area (Å²) in [5.74, 6) is 0.196. The molecule has 1 aromatic heterocycles. The van der Waals surface area contributed by atoms with Crippen molar-refractivity contribution in [2.45, 2.75) is 31.8 Å². The third kappa shape index (κ3) is 2.61. The van der Waals surface area contributed by atoms with Crippen molar-refractivity contribution >= 4 is 6.03 Å². The smallest absolute Gasteiger partial charge is 0.326 e. The molecule has 16 heavy (non-hydrogen) atoms. The second kappa shape index (κ2) is 5.12. The summed E-state index contributed by atoms with van der Waals surface area (Å²) in [5.41, 5.74) is 0. The fourth-order valence-corrected chi connectivity index (χ4v) is 2.12. The van der Waals surface area contributed by atoms with E-state index in [0.717, 1.165) is 25.7 Å². The van der Waals surface area contributed by atoms with E-state index >= 15 is 0 Å². The molecule has 1 fully saturated rings. The number of carbonyl (C=O) groups excluding carboxylic acids is 1. The van der Waals surface area contributed by atoms with Crippen LogP contribution >= 0.6 is 0 Å². The van der Waals surface area contributed by atoms with Crippen LogP contribution in [0.2, 0.25) is 0 Å². The van der Waals surface area contributed by atoms with E-state index in [1.807, 2.05) is 0 Å². The second-order valence-electron chi connectivity index (χ2n) is 4.27. The van der Waals surface area contributed by atoms with Crippen molar-refractivity contribution in [3.05, 3.63) is 18.7 Å². The van der Waals surface area contributed by atoms with Crippen LogP contribution in [0.3, 0.4) is 0 Å². The molecule has 2 atom stereocenters. The van der Waals surface area contributed by atoms with Gasteiger partial charge in [0.05, 0.1) is 6.10 Å². The molecule has 0 aliphatic heterocycles. The van der Waals surface area contributed by atoms with E-state index in [9.17, 15) is 9.90 Å². The Bertz CT molecular complexity index is 337. The molecule has 1 saturated carbocycles. The summed E-state index contributed by atoms with van der Waals surface area (Å²) < 4.78 is 1.40. The van der Waals surface area contributed by atoms with Gasteiger partial charge in [0.2, 0.25) is 0 Å². The van der Waals surface area contributed by atoms with Crippen LogP contribution < -0.4 is 5.32 Å². The van der Waals surface area contributed by atoms with Gasteiger partial charge >= 0.3 is 6.03 Å². The Kier molecular flexibility index (Phi) is 3.56. The second-order valence-corrected chi connectivity index (χ2v) is 4.27. The molecule has 1 heterocycles. The quantitative estimate of drug-likeness (QED) is 0.785. The lowest BCUT2D eigenvalue weighted by molar-refractivity contribution is 0.0709. The molecule has 0 saturated heterocycles. The number of imidazole rings is 1. The molecule has 5 heteroatoms. The van der Waals surface area contributed by atoms with E-state index in [-0.39, 0.29) is 18.1 Å². The molecule has 1 aliphatic rings. The Balaban J connectivity index is 1.80. The first-order valence-electron chi connectivity index (χ1n) is 5.71. The first kappa shape index (κ1) is 11.1. The number of hydrogen-bond acceptors (Lipinski definition) is 3. The summed E-state index contributed by atoms with van der Waals surface area (Å²) in [6.45, 7) is 0.540. The van der Waals surface area contributed by atoms with Crippen molar-refractivity contribution in [1.82, 2.24) is 14.9 Å². The Labute approximate surface area is 94.5 Å². The number of rotatable bonds is 2. The highest BCUT2D eigenvalue weighted by molar-refractivity contribution is 5.76. The number of nitrogens with zero attached hydrogens (tertiary/aromatic N) is 2. The standard InChI is InChI=1S/C11H17N3O2/c15-10-4-2-1-3-9(10)7-13-11(16)14-6-5-12-8-14/h5-6,8-10,15H,1-4,7H2,(H,13,16). The Hall–Kier alpha value is -1.36. The Morgan fingerprint density at radius 2 is 2.31 bits per heavy atom. The maximum Gasteiger partial charge on any atom is 0.326 e. The largest absolute Gasteiger partial charge is 0.393 e. The summed E-state index contributed by atoms with van der Waals surface area (Å²) in [7, 11) is 0. The van der Waals surface area contributed by atoms with Gasteiger partial charge in [-0.2, -0.15) is 0 Å². The van der Waals surface area contributed by atoms with Crippen LogP contribution in [0.4, 0.5) is 4.79 Å². The third-order valence-electron chi connectivity index (χ3n) is 3.12. The Morgan fingerprint density at radius 1 is 1.50 bits per heavy atom. The van der Waals surface area contributed by atoms with E-state index in [0.29, 0.717) is 6.54 Å². The summed E-state index contributed by atoms with van der Waals surface area (Å²) in [6.07, 6.45) is 8.44. The molecule has 88 valence electrons. The minimum atomic E-state index is -0.267. The summed E-state index contributed by atoms with van der Waals surface area (Å²) in [5, 5.41) is 12.6. The maximum absolute atomic E-state index is 11.6. The molecule has 0 radical (unpaired) electrons. The number of hydrogen-bond donors (Lipinski definition) is 2. The molecule has 1 amide bonds. The number of amides is 1. The van der Waals surface area contributed by atoms with Gasteiger partial charge in [-0.25, -0.2) is 9.78 Å². The van der Waals surface area contributed by atoms with Gasteiger partial charge in [-0.15, -0.1) is 0 Å². The highest BCUT2D eigenvalue weighted by Crippen LogP contribution is 2.23. The van der Waals surface area contributed by atoms with Gasteiger partial charge in [-0.05, 0) is 12.8 Å². The van der Waals surface area contributed by atoms with Crippen LogP contribution in [-0.4, -0.2) is 33.3 Å². The van der Waals surface area contributed by atoms with Crippen LogP contribution in [0.25, 0.3) is 0 Å². The molecule has 2 rings (SSSR count). The van der Waals surface area contributed by atoms with Gasteiger partial charge in [0.15, 0.2) is 0 Å². The summed E-state index contributed by atoms with van der Waals surface area (Å²) in [4.78, 5) is 15.4. The van der Waals surface area contributed by atoms with Gasteiger partial charge in [-0.1, -0.05) is 12.8 Å². The fourth-order valence-electron chi connectivity index (χ4n) is 2.12. The maximum atomic E-state index is 11.6. The SMILES string of the molecule is O=C(NCC1CCCCC1O)n1ccnc1. The normalized spacial score (nSPS) is 25.3. The van der Waals surface area contributed by atoms with Gasteiger partial charge in [0.1, 0.15) is 6.33 Å². The first-order valence-corrected chi connectivity index (χ1v) is 5.71. The first-order chi connectivity index (χ1) is 7.77. The molecule has 1 aliphatic carbocycles. The molecule has 2 unspecified atom stereocenters. The number of aromatic nitrogens is 2. The molecular weight excluding hydrogens is 206 g/mol. The van der Waals surface area contributed by atoms with Crippen LogP contribution in [-0.2, 0) is 0 Å². The van der Waals surface area contributed by atoms with Crippen LogP contribution in [0.5, 0.6) is 0 Å². The van der Waals surface area contributed by atoms with Crippen molar-refractivity contribution in [2.24, 2.45) is 5.92 Å². The monoisotopic (exact) mass is 223 g/mol. The van der Waals surface area contributed by atoms with Gasteiger partial charge < -0.3 is 10.4 Å². The van der Waals surface area contributed by atoms with Gasteiger partial charge in [0, 0.05) is 24.9 Å². The molecule has 0 aromatic carbocycles. The van der Waals surface area contributed by atoms with E-state index in [1.165, 1.54) is 10.9 Å². The van der Waals surface area contributed by atoms with Gasteiger partial charge in [-0.3, -0.25) is 4.57 Å². The molecule has 0 spiro atoms. The van der Waals surface area contributed by atoms with Crippen LogP contribution in [0.1, 0.15) is 25.7 Å². The molecular formula is C11H17N3O2. The van der Waals surface area contributed by atoms with Gasteiger partial charge in [0.25, 0.3) is 0 Å². The number of nitrogens with one attached hydrogen (secondary N) is 1. The van der Waals surface area contributed by atoms with Crippen LogP contribution in [0.15, 0.2) is 18.7 Å². The lowest BCUT2D eigenvalue weighted by Gasteiger charge is -2.27. The van der Waals surface area contributed by atoms with Crippen molar-refractivity contribution < 1.29 is 9.90 Å². The highest BCUT2D eigenvalue weighted by atomic mass is 16.3. The average Bonchev–Trinajstić information content (AvgIpc) is 2.81. The van der Waals surface area contributed by atoms with Crippen molar-refractivity contribution in [3.63, 3.8) is 0 Å². The predicted molar refractivity (Wildman–Crippen MR) is 59.0 cm³/mol. The summed E-state index contributed by atoms with van der Waals surface area (Å²) >= 11 is 0. The van der Waals surface area contributed by atoms with E-state index < -0.39 is 0 Å². The summed E-state index contributed by atoms with van der Waals surface area (Å²) in [6, 6.07) is -0.185. The minimum Gasteiger partial charge on any atom is -0.393 e. The van der Waals surface area contributed by atoms with E-state index in [2.05, 4.69) is 10.3 Å². The van der Waals surface area contributed by atoms with E-state index in [1.54, 1.807) is 12.4 Å². The van der Waals surface area contributed by atoms with Crippen molar-refractivity contribution in [3.8, 4) is 0 Å². The molecule has 5 nitrogen and oxygen atoms in total. The molecule has 0 bridgehead atoms. The topological polar surface area (TPSA) is 67.2 Å². The lowest BCUT2D eigenvalue weighted by atomic mass is 9.86. The zero-order valence-corrected chi connectivity index (χ0v) is 9.17. The molecule has 1 aromatic rings. The van der Waals surface area contributed by atoms with Crippen LogP contribution in [0, 0.1) is 5.92 Å². The number of aliphatic hydroxyl groups excluding tert-OH is 1. The van der Waals surface area contributed by atoms with Crippen molar-refractivity contribution in [2.75, 3.05) is 6.54 Å².